The van der Waals surface area contributed by atoms with Crippen LogP contribution in [0.5, 0.6) is 0 Å². The number of fused-ring (bicyclic) bond motifs is 1. The maximum Gasteiger partial charge on any atom is -0.00284 e. The van der Waals surface area contributed by atoms with Crippen LogP contribution in [0.1, 0.15) is 44.2 Å². The molecule has 0 heterocycles. The fraction of sp³-hybridized carbons (Fsp3) is 0.500. The molecule has 0 heteroatoms. The molecule has 0 spiro atoms. The molecule has 0 unspecified atom stereocenters. The summed E-state index contributed by atoms with van der Waals surface area (Å²) in [5.74, 6) is 0. The third kappa shape index (κ3) is 1.58. The van der Waals surface area contributed by atoms with Gasteiger partial charge in [0.15, 0.2) is 0 Å². The van der Waals surface area contributed by atoms with Gasteiger partial charge in [0.2, 0.25) is 0 Å². The molecule has 1 aliphatic carbocycles. The van der Waals surface area contributed by atoms with Gasteiger partial charge < -0.3 is 0 Å². The van der Waals surface area contributed by atoms with E-state index in [1.807, 2.05) is 0 Å². The molecule has 14 heavy (non-hydrogen) atoms. The number of benzene rings is 1. The number of hydrogen-bond acceptors (Lipinski definition) is 0. The first kappa shape index (κ1) is 9.76. The highest BCUT2D eigenvalue weighted by atomic mass is 14.3. The van der Waals surface area contributed by atoms with Crippen LogP contribution in [0.15, 0.2) is 24.3 Å². The van der Waals surface area contributed by atoms with Crippen molar-refractivity contribution in [1.82, 2.24) is 0 Å². The second-order valence-corrected chi connectivity index (χ2v) is 4.41. The topological polar surface area (TPSA) is 0 Å². The summed E-state index contributed by atoms with van der Waals surface area (Å²) in [6.45, 7) is 4.63. The van der Waals surface area contributed by atoms with Crippen molar-refractivity contribution in [1.29, 1.82) is 0 Å². The van der Waals surface area contributed by atoms with Crippen LogP contribution in [-0.4, -0.2) is 0 Å². The highest BCUT2D eigenvalue weighted by molar-refractivity contribution is 5.37. The summed E-state index contributed by atoms with van der Waals surface area (Å²) in [6, 6.07) is 8.82. The average Bonchev–Trinajstić information content (AvgIpc) is 2.28. The minimum absolute atomic E-state index is 0.481. The fourth-order valence-electron chi connectivity index (χ4n) is 2.50. The quantitative estimate of drug-likeness (QED) is 0.656. The summed E-state index contributed by atoms with van der Waals surface area (Å²) in [6.07, 6.45) is 7.65. The molecule has 0 N–H and O–H groups in total. The van der Waals surface area contributed by atoms with Crippen LogP contribution in [0.4, 0.5) is 0 Å². The molecule has 0 saturated carbocycles. The molecule has 0 aliphatic heterocycles. The smallest absolute Gasteiger partial charge is 0.00284 e. The molecular weight excluding hydrogens is 168 g/mol. The third-order valence-corrected chi connectivity index (χ3v) is 3.82. The summed E-state index contributed by atoms with van der Waals surface area (Å²) >= 11 is 0. The van der Waals surface area contributed by atoms with Gasteiger partial charge >= 0.3 is 0 Å². The van der Waals surface area contributed by atoms with E-state index in [0.29, 0.717) is 5.41 Å². The molecule has 0 atom stereocenters. The first-order chi connectivity index (χ1) is 6.79. The van der Waals surface area contributed by atoms with Gasteiger partial charge in [0.1, 0.15) is 0 Å². The van der Waals surface area contributed by atoms with Crippen molar-refractivity contribution in [2.75, 3.05) is 0 Å². The number of aryl methyl sites for hydroxylation is 1. The largest absolute Gasteiger partial charge is 0.0648 e. The van der Waals surface area contributed by atoms with Crippen LogP contribution >= 0.6 is 0 Å². The maximum absolute atomic E-state index is 2.51. The second-order valence-electron chi connectivity index (χ2n) is 4.41. The molecular formula is C14H19. The second kappa shape index (κ2) is 3.76. The van der Waals surface area contributed by atoms with Gasteiger partial charge in [-0.15, -0.1) is 0 Å². The number of hydrogen-bond donors (Lipinski definition) is 0. The van der Waals surface area contributed by atoms with Crippen LogP contribution in [0.2, 0.25) is 0 Å². The van der Waals surface area contributed by atoms with E-state index in [4.69, 9.17) is 0 Å². The first-order valence-electron chi connectivity index (χ1n) is 5.73. The minimum atomic E-state index is 0.481. The molecule has 1 aliphatic rings. The molecule has 1 radical (unpaired) electrons. The van der Waals surface area contributed by atoms with Crippen molar-refractivity contribution in [3.8, 4) is 0 Å². The molecule has 0 fully saturated rings. The third-order valence-electron chi connectivity index (χ3n) is 3.82. The van der Waals surface area contributed by atoms with E-state index in [-0.39, 0.29) is 0 Å². The van der Waals surface area contributed by atoms with Crippen LogP contribution in [0.25, 0.3) is 0 Å². The van der Waals surface area contributed by atoms with Crippen LogP contribution < -0.4 is 0 Å². The summed E-state index contributed by atoms with van der Waals surface area (Å²) in [5, 5.41) is 0. The van der Waals surface area contributed by atoms with E-state index < -0.39 is 0 Å². The summed E-state index contributed by atoms with van der Waals surface area (Å²) < 4.78 is 0. The molecule has 2 rings (SSSR count). The van der Waals surface area contributed by atoms with Gasteiger partial charge in [-0.05, 0) is 48.6 Å². The van der Waals surface area contributed by atoms with Crippen molar-refractivity contribution < 1.29 is 0 Å². The predicted molar refractivity (Wildman–Crippen MR) is 61.2 cm³/mol. The Labute approximate surface area is 87.3 Å². The fourth-order valence-corrected chi connectivity index (χ4v) is 2.50. The standard InChI is InChI=1S/C14H19/c1-3-14(4-2)10-9-12-7-5-6-8-13(12)11-14/h5-8,11H,3-4,9-10H2,1-2H3. The summed E-state index contributed by atoms with van der Waals surface area (Å²) in [7, 11) is 0. The lowest BCUT2D eigenvalue weighted by atomic mass is 9.68. The molecule has 0 saturated heterocycles. The van der Waals surface area contributed by atoms with Gasteiger partial charge in [0, 0.05) is 0 Å². The molecule has 1 aromatic rings. The Morgan fingerprint density at radius 3 is 2.57 bits per heavy atom. The maximum atomic E-state index is 2.51. The Morgan fingerprint density at radius 2 is 1.86 bits per heavy atom. The van der Waals surface area contributed by atoms with Crippen LogP contribution in [0, 0.1) is 11.8 Å². The van der Waals surface area contributed by atoms with Gasteiger partial charge in [0.05, 0.1) is 0 Å². The molecule has 0 nitrogen and oxygen atoms in total. The molecule has 0 bridgehead atoms. The van der Waals surface area contributed by atoms with E-state index in [9.17, 15) is 0 Å². The van der Waals surface area contributed by atoms with E-state index in [1.54, 1.807) is 0 Å². The van der Waals surface area contributed by atoms with E-state index in [2.05, 4.69) is 44.5 Å². The summed E-state index contributed by atoms with van der Waals surface area (Å²) in [4.78, 5) is 0. The Bertz CT molecular complexity index is 308. The SMILES string of the molecule is CCC1(CC)[CH]c2ccccc2CC1. The first-order valence-corrected chi connectivity index (χ1v) is 5.73. The molecule has 0 aromatic heterocycles. The Balaban J connectivity index is 2.28. The Hall–Kier alpha value is -0.780. The zero-order chi connectivity index (χ0) is 10.0. The highest BCUT2D eigenvalue weighted by Crippen LogP contribution is 2.42. The molecule has 0 amide bonds. The van der Waals surface area contributed by atoms with Crippen molar-refractivity contribution in [3.05, 3.63) is 41.8 Å². The minimum Gasteiger partial charge on any atom is -0.0648 e. The van der Waals surface area contributed by atoms with E-state index >= 15 is 0 Å². The lowest BCUT2D eigenvalue weighted by Crippen LogP contribution is -2.25. The normalized spacial score (nSPS) is 19.0. The zero-order valence-electron chi connectivity index (χ0n) is 9.22. The monoisotopic (exact) mass is 187 g/mol. The van der Waals surface area contributed by atoms with Crippen LogP contribution in [0.3, 0.4) is 0 Å². The predicted octanol–water partition coefficient (Wildman–Crippen LogP) is 3.99. The van der Waals surface area contributed by atoms with Crippen molar-refractivity contribution >= 4 is 0 Å². The zero-order valence-corrected chi connectivity index (χ0v) is 9.22. The Morgan fingerprint density at radius 1 is 1.14 bits per heavy atom. The lowest BCUT2D eigenvalue weighted by Gasteiger charge is -2.36. The molecule has 75 valence electrons. The van der Waals surface area contributed by atoms with Crippen molar-refractivity contribution in [3.63, 3.8) is 0 Å². The Kier molecular flexibility index (Phi) is 2.62. The molecule has 1 aromatic carbocycles. The summed E-state index contributed by atoms with van der Waals surface area (Å²) in [5.41, 5.74) is 3.49. The van der Waals surface area contributed by atoms with E-state index in [0.717, 1.165) is 0 Å². The van der Waals surface area contributed by atoms with Crippen molar-refractivity contribution in [2.45, 2.75) is 39.5 Å². The average molecular weight is 187 g/mol. The van der Waals surface area contributed by atoms with Crippen LogP contribution in [-0.2, 0) is 6.42 Å². The van der Waals surface area contributed by atoms with Gasteiger partial charge in [-0.25, -0.2) is 0 Å². The van der Waals surface area contributed by atoms with E-state index in [1.165, 1.54) is 36.8 Å². The van der Waals surface area contributed by atoms with Gasteiger partial charge in [0.25, 0.3) is 0 Å². The number of rotatable bonds is 2. The van der Waals surface area contributed by atoms with Gasteiger partial charge in [-0.3, -0.25) is 0 Å². The lowest BCUT2D eigenvalue weighted by molar-refractivity contribution is 0.289. The van der Waals surface area contributed by atoms with Gasteiger partial charge in [-0.1, -0.05) is 38.1 Å². The van der Waals surface area contributed by atoms with Gasteiger partial charge in [-0.2, -0.15) is 0 Å². The van der Waals surface area contributed by atoms with Crippen molar-refractivity contribution in [2.24, 2.45) is 5.41 Å². The highest BCUT2D eigenvalue weighted by Gasteiger charge is 2.30.